The van der Waals surface area contributed by atoms with Crippen molar-refractivity contribution < 1.29 is 13.6 Å². The summed E-state index contributed by atoms with van der Waals surface area (Å²) in [6.07, 6.45) is 0. The number of halogens is 2. The summed E-state index contributed by atoms with van der Waals surface area (Å²) < 4.78 is 26.0. The van der Waals surface area contributed by atoms with Gasteiger partial charge in [0.2, 0.25) is 5.91 Å². The fourth-order valence-electron chi connectivity index (χ4n) is 2.19. The number of nitrogens with zero attached hydrogens (tertiary/aromatic N) is 2. The van der Waals surface area contributed by atoms with Crippen molar-refractivity contribution >= 4 is 29.2 Å². The van der Waals surface area contributed by atoms with Gasteiger partial charge in [-0.25, -0.2) is 8.78 Å². The number of aromatic nitrogens is 2. The first-order valence-corrected chi connectivity index (χ1v) is 9.07. The average Bonchev–Trinajstić information content (AvgIpc) is 2.67. The lowest BCUT2D eigenvalue weighted by Gasteiger charge is -2.06. The number of hydrogen-bond donors (Lipinski definition) is 2. The number of anilines is 2. The molecule has 5 nitrogen and oxygen atoms in total. The highest BCUT2D eigenvalue weighted by Gasteiger charge is 2.06. The first-order chi connectivity index (χ1) is 13.1. The molecule has 0 aliphatic carbocycles. The molecular formula is C19H16F2N4OS. The number of carbonyl (C=O) groups excluding carboxylic acids is 1. The molecule has 3 rings (SSSR count). The molecule has 0 radical (unpaired) electrons. The van der Waals surface area contributed by atoms with E-state index in [9.17, 15) is 13.6 Å². The van der Waals surface area contributed by atoms with Crippen LogP contribution in [-0.4, -0.2) is 21.9 Å². The van der Waals surface area contributed by atoms with E-state index in [2.05, 4.69) is 20.8 Å². The van der Waals surface area contributed by atoms with Crippen LogP contribution in [0.25, 0.3) is 0 Å². The fourth-order valence-corrected chi connectivity index (χ4v) is 2.80. The van der Waals surface area contributed by atoms with E-state index >= 15 is 0 Å². The Balaban J connectivity index is 1.45. The van der Waals surface area contributed by atoms with E-state index in [0.717, 1.165) is 5.56 Å². The summed E-state index contributed by atoms with van der Waals surface area (Å²) in [5, 5.41) is 14.4. The van der Waals surface area contributed by atoms with Crippen molar-refractivity contribution in [2.45, 2.75) is 11.6 Å². The highest BCUT2D eigenvalue weighted by atomic mass is 32.2. The van der Waals surface area contributed by atoms with Crippen LogP contribution in [0.2, 0.25) is 0 Å². The Morgan fingerprint density at radius 2 is 1.78 bits per heavy atom. The second-order valence-electron chi connectivity index (χ2n) is 5.58. The second-order valence-corrected chi connectivity index (χ2v) is 6.58. The highest BCUT2D eigenvalue weighted by Crippen LogP contribution is 2.17. The van der Waals surface area contributed by atoms with Crippen molar-refractivity contribution in [1.82, 2.24) is 10.2 Å². The molecular weight excluding hydrogens is 370 g/mol. The van der Waals surface area contributed by atoms with Crippen molar-refractivity contribution in [3.8, 4) is 0 Å². The molecule has 8 heteroatoms. The summed E-state index contributed by atoms with van der Waals surface area (Å²) in [6.45, 7) is 0.498. The Kier molecular flexibility index (Phi) is 6.32. The molecule has 3 aromatic rings. The Morgan fingerprint density at radius 1 is 0.963 bits per heavy atom. The summed E-state index contributed by atoms with van der Waals surface area (Å²) in [7, 11) is 0. The standard InChI is InChI=1S/C19H16F2N4OS/c20-14-6-4-13(5-7-14)11-22-17-8-9-19(25-24-17)27-12-18(26)23-16-3-1-2-15(21)10-16/h1-10H,11-12H2,(H,22,24)(H,23,26). The molecule has 0 unspecified atom stereocenters. The van der Waals surface area contributed by atoms with E-state index in [1.165, 1.54) is 42.1 Å². The zero-order valence-corrected chi connectivity index (χ0v) is 15.0. The van der Waals surface area contributed by atoms with Gasteiger partial charge in [-0.05, 0) is 48.0 Å². The predicted molar refractivity (Wildman–Crippen MR) is 102 cm³/mol. The van der Waals surface area contributed by atoms with E-state index < -0.39 is 5.82 Å². The van der Waals surface area contributed by atoms with Gasteiger partial charge in [0.05, 0.1) is 5.75 Å². The van der Waals surface area contributed by atoms with Crippen LogP contribution in [0.3, 0.4) is 0 Å². The Labute approximate surface area is 159 Å². The minimum atomic E-state index is -0.407. The third-order valence-corrected chi connectivity index (χ3v) is 4.41. The zero-order valence-electron chi connectivity index (χ0n) is 14.2. The topological polar surface area (TPSA) is 66.9 Å². The van der Waals surface area contributed by atoms with Crippen LogP contribution < -0.4 is 10.6 Å². The first kappa shape index (κ1) is 18.8. The Hall–Kier alpha value is -3.00. The molecule has 1 heterocycles. The summed E-state index contributed by atoms with van der Waals surface area (Å²) in [5.74, 6) is -0.233. The molecule has 27 heavy (non-hydrogen) atoms. The van der Waals surface area contributed by atoms with Crippen LogP contribution in [0.5, 0.6) is 0 Å². The Morgan fingerprint density at radius 3 is 2.48 bits per heavy atom. The third-order valence-electron chi connectivity index (χ3n) is 3.49. The van der Waals surface area contributed by atoms with Crippen molar-refractivity contribution in [1.29, 1.82) is 0 Å². The summed E-state index contributed by atoms with van der Waals surface area (Å²) in [5.41, 5.74) is 1.33. The van der Waals surface area contributed by atoms with Gasteiger partial charge in [0.1, 0.15) is 22.5 Å². The number of amides is 1. The number of thioether (sulfide) groups is 1. The van der Waals surface area contributed by atoms with Crippen molar-refractivity contribution in [3.63, 3.8) is 0 Å². The molecule has 138 valence electrons. The van der Waals surface area contributed by atoms with Crippen molar-refractivity contribution in [2.75, 3.05) is 16.4 Å². The monoisotopic (exact) mass is 386 g/mol. The molecule has 1 aromatic heterocycles. The maximum absolute atomic E-state index is 13.1. The molecule has 1 amide bonds. The van der Waals surface area contributed by atoms with Crippen LogP contribution in [-0.2, 0) is 11.3 Å². The van der Waals surface area contributed by atoms with E-state index in [1.807, 2.05) is 0 Å². The van der Waals surface area contributed by atoms with Crippen LogP contribution in [0, 0.1) is 11.6 Å². The third kappa shape index (κ3) is 6.03. The minimum Gasteiger partial charge on any atom is -0.365 e. The van der Waals surface area contributed by atoms with E-state index in [4.69, 9.17) is 0 Å². The van der Waals surface area contributed by atoms with Gasteiger partial charge in [0, 0.05) is 12.2 Å². The molecule has 0 aliphatic rings. The molecule has 0 aliphatic heterocycles. The smallest absolute Gasteiger partial charge is 0.234 e. The van der Waals surface area contributed by atoms with Crippen molar-refractivity contribution in [2.24, 2.45) is 0 Å². The predicted octanol–water partition coefficient (Wildman–Crippen LogP) is 4.10. The maximum Gasteiger partial charge on any atom is 0.234 e. The molecule has 0 saturated heterocycles. The first-order valence-electron chi connectivity index (χ1n) is 8.09. The minimum absolute atomic E-state index is 0.132. The maximum atomic E-state index is 13.1. The molecule has 0 bridgehead atoms. The van der Waals surface area contributed by atoms with Crippen LogP contribution >= 0.6 is 11.8 Å². The van der Waals surface area contributed by atoms with Gasteiger partial charge in [-0.1, -0.05) is 30.0 Å². The molecule has 0 atom stereocenters. The number of hydrogen-bond acceptors (Lipinski definition) is 5. The number of nitrogens with one attached hydrogen (secondary N) is 2. The van der Waals surface area contributed by atoms with Gasteiger partial charge in [-0.15, -0.1) is 10.2 Å². The van der Waals surface area contributed by atoms with E-state index in [0.29, 0.717) is 23.1 Å². The number of benzene rings is 2. The lowest BCUT2D eigenvalue weighted by molar-refractivity contribution is -0.113. The van der Waals surface area contributed by atoms with Crippen LogP contribution in [0.15, 0.2) is 65.7 Å². The summed E-state index contributed by atoms with van der Waals surface area (Å²) in [6, 6.07) is 15.4. The molecule has 0 fully saturated rings. The van der Waals surface area contributed by atoms with Gasteiger partial charge in [0.15, 0.2) is 0 Å². The molecule has 2 aromatic carbocycles. The van der Waals surface area contributed by atoms with Crippen LogP contribution in [0.4, 0.5) is 20.3 Å². The summed E-state index contributed by atoms with van der Waals surface area (Å²) in [4.78, 5) is 11.9. The van der Waals surface area contributed by atoms with Gasteiger partial charge in [-0.3, -0.25) is 4.79 Å². The molecule has 0 saturated carbocycles. The van der Waals surface area contributed by atoms with Gasteiger partial charge in [0.25, 0.3) is 0 Å². The second kappa shape index (κ2) is 9.09. The quantitative estimate of drug-likeness (QED) is 0.599. The average molecular weight is 386 g/mol. The lowest BCUT2D eigenvalue weighted by atomic mass is 10.2. The normalized spacial score (nSPS) is 10.4. The van der Waals surface area contributed by atoms with E-state index in [1.54, 1.807) is 30.3 Å². The SMILES string of the molecule is O=C(CSc1ccc(NCc2ccc(F)cc2)nn1)Nc1cccc(F)c1. The number of carbonyl (C=O) groups is 1. The lowest BCUT2D eigenvalue weighted by Crippen LogP contribution is -2.14. The van der Waals surface area contributed by atoms with Gasteiger partial charge in [-0.2, -0.15) is 0 Å². The van der Waals surface area contributed by atoms with Crippen molar-refractivity contribution in [3.05, 3.63) is 77.9 Å². The largest absolute Gasteiger partial charge is 0.365 e. The van der Waals surface area contributed by atoms with Gasteiger partial charge < -0.3 is 10.6 Å². The molecule has 2 N–H and O–H groups in total. The fraction of sp³-hybridized carbons (Fsp3) is 0.105. The van der Waals surface area contributed by atoms with Gasteiger partial charge >= 0.3 is 0 Å². The van der Waals surface area contributed by atoms with E-state index in [-0.39, 0.29) is 17.5 Å². The Bertz CT molecular complexity index is 904. The highest BCUT2D eigenvalue weighted by molar-refractivity contribution is 7.99. The zero-order chi connectivity index (χ0) is 19.1. The molecule has 0 spiro atoms. The summed E-state index contributed by atoms with van der Waals surface area (Å²) >= 11 is 1.23. The number of rotatable bonds is 7. The van der Waals surface area contributed by atoms with Crippen LogP contribution in [0.1, 0.15) is 5.56 Å².